The number of carbonyl (C=O) groups excluding carboxylic acids is 1. The van der Waals surface area contributed by atoms with Gasteiger partial charge in [-0.15, -0.1) is 0 Å². The molecule has 0 saturated heterocycles. The van der Waals surface area contributed by atoms with Crippen molar-refractivity contribution in [1.29, 1.82) is 0 Å². The molecule has 1 rings (SSSR count). The van der Waals surface area contributed by atoms with Crippen LogP contribution in [0.3, 0.4) is 0 Å². The summed E-state index contributed by atoms with van der Waals surface area (Å²) in [6, 6.07) is 5.03. The Morgan fingerprint density at radius 1 is 1.33 bits per heavy atom. The molecule has 116 valence electrons. The normalized spacial score (nSPS) is 12.0. The molecule has 1 amide bonds. The van der Waals surface area contributed by atoms with Crippen LogP contribution in [0.2, 0.25) is 10.0 Å². The molecule has 1 aromatic carbocycles. The van der Waals surface area contributed by atoms with Crippen molar-refractivity contribution in [3.05, 3.63) is 33.8 Å². The van der Waals surface area contributed by atoms with Crippen LogP contribution >= 0.6 is 23.2 Å². The number of hydrogen-bond acceptors (Lipinski definition) is 2. The van der Waals surface area contributed by atoms with Crippen LogP contribution in [0.1, 0.15) is 32.3 Å². The number of carboxylic acids is 1. The van der Waals surface area contributed by atoms with E-state index in [1.807, 2.05) is 13.8 Å². The van der Waals surface area contributed by atoms with E-state index < -0.39 is 5.97 Å². The number of carbonyl (C=O) groups is 2. The van der Waals surface area contributed by atoms with E-state index in [4.69, 9.17) is 28.3 Å². The van der Waals surface area contributed by atoms with Gasteiger partial charge in [0.15, 0.2) is 0 Å². The molecule has 0 fully saturated rings. The molecule has 0 aromatic heterocycles. The van der Waals surface area contributed by atoms with Gasteiger partial charge in [0.25, 0.3) is 0 Å². The highest BCUT2D eigenvalue weighted by molar-refractivity contribution is 6.35. The van der Waals surface area contributed by atoms with Crippen molar-refractivity contribution in [3.63, 3.8) is 0 Å². The molecule has 0 saturated carbocycles. The number of aryl methyl sites for hydroxylation is 1. The predicted molar refractivity (Wildman–Crippen MR) is 83.9 cm³/mol. The number of nitrogens with zero attached hydrogens (tertiary/aromatic N) is 1. The third kappa shape index (κ3) is 5.56. The first-order valence-electron chi connectivity index (χ1n) is 6.80. The van der Waals surface area contributed by atoms with E-state index in [9.17, 15) is 9.59 Å². The van der Waals surface area contributed by atoms with Crippen molar-refractivity contribution in [2.45, 2.75) is 39.2 Å². The highest BCUT2D eigenvalue weighted by Gasteiger charge is 2.21. The number of amides is 1. The minimum atomic E-state index is -1.01. The maximum Gasteiger partial charge on any atom is 0.323 e. The van der Waals surface area contributed by atoms with Crippen molar-refractivity contribution >= 4 is 35.1 Å². The average molecular weight is 332 g/mol. The van der Waals surface area contributed by atoms with Crippen molar-refractivity contribution in [2.24, 2.45) is 0 Å². The first-order chi connectivity index (χ1) is 9.85. The molecule has 1 unspecified atom stereocenters. The van der Waals surface area contributed by atoms with E-state index in [1.165, 1.54) is 4.90 Å². The SMILES string of the molecule is CCC(C)N(CC(=O)O)C(=O)CCc1ccc(Cl)cc1Cl. The van der Waals surface area contributed by atoms with Crippen molar-refractivity contribution in [1.82, 2.24) is 4.90 Å². The van der Waals surface area contributed by atoms with Gasteiger partial charge in [-0.1, -0.05) is 36.2 Å². The fourth-order valence-corrected chi connectivity index (χ4v) is 2.47. The molecule has 6 heteroatoms. The largest absolute Gasteiger partial charge is 0.480 e. The number of aliphatic carboxylic acids is 1. The number of rotatable bonds is 7. The Labute approximate surface area is 134 Å². The summed E-state index contributed by atoms with van der Waals surface area (Å²) in [6.07, 6.45) is 1.39. The highest BCUT2D eigenvalue weighted by atomic mass is 35.5. The molecule has 1 atom stereocenters. The quantitative estimate of drug-likeness (QED) is 0.829. The van der Waals surface area contributed by atoms with Crippen LogP contribution in [0.4, 0.5) is 0 Å². The molecule has 1 N–H and O–H groups in total. The van der Waals surface area contributed by atoms with Gasteiger partial charge in [-0.25, -0.2) is 0 Å². The zero-order valence-corrected chi connectivity index (χ0v) is 13.6. The minimum Gasteiger partial charge on any atom is -0.480 e. The summed E-state index contributed by atoms with van der Waals surface area (Å²) in [5, 5.41) is 9.97. The van der Waals surface area contributed by atoms with E-state index in [2.05, 4.69) is 0 Å². The lowest BCUT2D eigenvalue weighted by Gasteiger charge is -2.27. The van der Waals surface area contributed by atoms with Gasteiger partial charge in [-0.05, 0) is 37.5 Å². The maximum absolute atomic E-state index is 12.2. The first-order valence-corrected chi connectivity index (χ1v) is 7.56. The lowest BCUT2D eigenvalue weighted by Crippen LogP contribution is -2.41. The van der Waals surface area contributed by atoms with Gasteiger partial charge < -0.3 is 10.0 Å². The van der Waals surface area contributed by atoms with E-state index in [1.54, 1.807) is 18.2 Å². The van der Waals surface area contributed by atoms with Gasteiger partial charge in [-0.3, -0.25) is 9.59 Å². The monoisotopic (exact) mass is 331 g/mol. The molecular weight excluding hydrogens is 313 g/mol. The zero-order valence-electron chi connectivity index (χ0n) is 12.1. The van der Waals surface area contributed by atoms with Crippen LogP contribution < -0.4 is 0 Å². The molecule has 1 aromatic rings. The Balaban J connectivity index is 2.70. The number of halogens is 2. The van der Waals surface area contributed by atoms with Crippen molar-refractivity contribution < 1.29 is 14.7 Å². The fraction of sp³-hybridized carbons (Fsp3) is 0.467. The van der Waals surface area contributed by atoms with Crippen molar-refractivity contribution in [2.75, 3.05) is 6.54 Å². The van der Waals surface area contributed by atoms with Gasteiger partial charge in [0, 0.05) is 22.5 Å². The predicted octanol–water partition coefficient (Wildman–Crippen LogP) is 3.64. The van der Waals surface area contributed by atoms with Gasteiger partial charge in [0.1, 0.15) is 6.54 Å². The second-order valence-corrected chi connectivity index (χ2v) is 5.75. The fourth-order valence-electron chi connectivity index (χ4n) is 1.97. The number of hydrogen-bond donors (Lipinski definition) is 1. The number of benzene rings is 1. The van der Waals surface area contributed by atoms with Crippen LogP contribution in [-0.4, -0.2) is 34.5 Å². The Hall–Kier alpha value is -1.26. The highest BCUT2D eigenvalue weighted by Crippen LogP contribution is 2.22. The zero-order chi connectivity index (χ0) is 16.0. The molecule has 0 aliphatic rings. The van der Waals surface area contributed by atoms with Crippen LogP contribution in [0.25, 0.3) is 0 Å². The van der Waals surface area contributed by atoms with Crippen LogP contribution in [0.5, 0.6) is 0 Å². The topological polar surface area (TPSA) is 57.6 Å². The standard InChI is InChI=1S/C15H19Cl2NO3/c1-3-10(2)18(9-15(20)21)14(19)7-5-11-4-6-12(16)8-13(11)17/h4,6,8,10H,3,5,7,9H2,1-2H3,(H,20,21). The van der Waals surface area contributed by atoms with E-state index in [-0.39, 0.29) is 24.9 Å². The first kappa shape index (κ1) is 17.8. The van der Waals surface area contributed by atoms with Crippen LogP contribution in [0.15, 0.2) is 18.2 Å². The lowest BCUT2D eigenvalue weighted by atomic mass is 10.1. The third-order valence-corrected chi connectivity index (χ3v) is 3.96. The lowest BCUT2D eigenvalue weighted by molar-refractivity contribution is -0.146. The molecule has 0 aliphatic carbocycles. The summed E-state index contributed by atoms with van der Waals surface area (Å²) in [7, 11) is 0. The summed E-state index contributed by atoms with van der Waals surface area (Å²) in [6.45, 7) is 3.49. The average Bonchev–Trinajstić information content (AvgIpc) is 2.42. The van der Waals surface area contributed by atoms with Crippen LogP contribution in [0, 0.1) is 0 Å². The van der Waals surface area contributed by atoms with E-state index in [0.29, 0.717) is 22.9 Å². The second-order valence-electron chi connectivity index (χ2n) is 4.91. The molecule has 4 nitrogen and oxygen atoms in total. The summed E-state index contributed by atoms with van der Waals surface area (Å²) < 4.78 is 0. The summed E-state index contributed by atoms with van der Waals surface area (Å²) in [4.78, 5) is 24.5. The maximum atomic E-state index is 12.2. The van der Waals surface area contributed by atoms with Gasteiger partial charge >= 0.3 is 5.97 Å². The summed E-state index contributed by atoms with van der Waals surface area (Å²) in [5.74, 6) is -1.19. The Bertz CT molecular complexity index is 520. The van der Waals surface area contributed by atoms with E-state index >= 15 is 0 Å². The minimum absolute atomic E-state index is 0.103. The molecule has 21 heavy (non-hydrogen) atoms. The Kier molecular flexibility index (Phi) is 6.99. The Morgan fingerprint density at radius 3 is 2.52 bits per heavy atom. The Morgan fingerprint density at radius 2 is 2.00 bits per heavy atom. The summed E-state index contributed by atoms with van der Waals surface area (Å²) in [5.41, 5.74) is 0.828. The van der Waals surface area contributed by atoms with Gasteiger partial charge in [0.05, 0.1) is 0 Å². The van der Waals surface area contributed by atoms with Gasteiger partial charge in [0.2, 0.25) is 5.91 Å². The number of carboxylic acid groups (broad SMARTS) is 1. The van der Waals surface area contributed by atoms with Crippen LogP contribution in [-0.2, 0) is 16.0 Å². The van der Waals surface area contributed by atoms with E-state index in [0.717, 1.165) is 5.56 Å². The molecule has 0 spiro atoms. The smallest absolute Gasteiger partial charge is 0.323 e. The molecule has 0 aliphatic heterocycles. The summed E-state index contributed by atoms with van der Waals surface area (Å²) >= 11 is 11.9. The van der Waals surface area contributed by atoms with Gasteiger partial charge in [-0.2, -0.15) is 0 Å². The van der Waals surface area contributed by atoms with Crippen molar-refractivity contribution in [3.8, 4) is 0 Å². The second kappa shape index (κ2) is 8.25. The molecular formula is C15H19Cl2NO3. The third-order valence-electron chi connectivity index (χ3n) is 3.37. The molecule has 0 bridgehead atoms. The molecule has 0 heterocycles. The molecule has 0 radical (unpaired) electrons.